The van der Waals surface area contributed by atoms with Gasteiger partial charge in [-0.3, -0.25) is 14.7 Å². The summed E-state index contributed by atoms with van der Waals surface area (Å²) in [7, 11) is 1.62. The molecule has 7 heteroatoms. The number of nitrogens with zero attached hydrogens (tertiary/aromatic N) is 2. The van der Waals surface area contributed by atoms with Crippen LogP contribution in [0.5, 0.6) is 5.75 Å². The molecule has 0 saturated carbocycles. The second-order valence-electron chi connectivity index (χ2n) is 9.51. The van der Waals surface area contributed by atoms with Gasteiger partial charge in [-0.2, -0.15) is 0 Å². The van der Waals surface area contributed by atoms with Crippen molar-refractivity contribution < 1.29 is 19.1 Å². The van der Waals surface area contributed by atoms with Gasteiger partial charge in [0.2, 0.25) is 5.91 Å². The molecule has 7 nitrogen and oxygen atoms in total. The fourth-order valence-electron chi connectivity index (χ4n) is 4.46. The predicted octanol–water partition coefficient (Wildman–Crippen LogP) is 5.37. The molecule has 2 amide bonds. The number of ether oxygens (including phenoxy) is 2. The fraction of sp³-hybridized carbons (Fsp3) is 0.370. The summed E-state index contributed by atoms with van der Waals surface area (Å²) >= 11 is 0. The highest BCUT2D eigenvalue weighted by Crippen LogP contribution is 2.35. The number of fused-ring (bicyclic) bond motifs is 1. The predicted molar refractivity (Wildman–Crippen MR) is 132 cm³/mol. The summed E-state index contributed by atoms with van der Waals surface area (Å²) in [5.74, 6) is 0.297. The number of carbonyl (C=O) groups is 2. The molecule has 2 aromatic carbocycles. The number of para-hydroxylation sites is 1. The van der Waals surface area contributed by atoms with E-state index in [1.54, 1.807) is 18.2 Å². The normalized spacial score (nSPS) is 18.4. The SMILES string of the molecule is COc1ccc([C@@H]2CCCN(C(=O)OC(C)(C)C)[C@@H]2C(=O)Nc2cccc3cccnc23)cc1. The highest BCUT2D eigenvalue weighted by atomic mass is 16.6. The quantitative estimate of drug-likeness (QED) is 0.565. The first-order valence-electron chi connectivity index (χ1n) is 11.5. The number of anilines is 1. The molecule has 1 aliphatic rings. The van der Waals surface area contributed by atoms with Crippen LogP contribution < -0.4 is 10.1 Å². The maximum absolute atomic E-state index is 13.8. The molecule has 1 aromatic heterocycles. The number of benzene rings is 2. The molecule has 1 aliphatic heterocycles. The molecule has 1 fully saturated rings. The van der Waals surface area contributed by atoms with Crippen LogP contribution in [0.15, 0.2) is 60.8 Å². The summed E-state index contributed by atoms with van der Waals surface area (Å²) in [6.45, 7) is 5.93. The van der Waals surface area contributed by atoms with Crippen LogP contribution in [-0.2, 0) is 9.53 Å². The maximum atomic E-state index is 13.8. The average molecular weight is 462 g/mol. The van der Waals surface area contributed by atoms with Gasteiger partial charge in [0.25, 0.3) is 0 Å². The second-order valence-corrected chi connectivity index (χ2v) is 9.51. The van der Waals surface area contributed by atoms with Crippen LogP contribution in [0.1, 0.15) is 45.1 Å². The van der Waals surface area contributed by atoms with Crippen molar-refractivity contribution in [2.75, 3.05) is 19.0 Å². The molecule has 34 heavy (non-hydrogen) atoms. The molecule has 1 N–H and O–H groups in total. The van der Waals surface area contributed by atoms with Gasteiger partial charge in [-0.15, -0.1) is 0 Å². The molecule has 0 bridgehead atoms. The minimum Gasteiger partial charge on any atom is -0.497 e. The average Bonchev–Trinajstić information content (AvgIpc) is 2.83. The van der Waals surface area contributed by atoms with Crippen molar-refractivity contribution in [1.82, 2.24) is 9.88 Å². The van der Waals surface area contributed by atoms with E-state index in [0.29, 0.717) is 17.7 Å². The molecule has 178 valence electrons. The Morgan fingerprint density at radius 2 is 1.79 bits per heavy atom. The molecule has 2 atom stereocenters. The van der Waals surface area contributed by atoms with Gasteiger partial charge in [0.1, 0.15) is 17.4 Å². The molecule has 1 saturated heterocycles. The first-order chi connectivity index (χ1) is 16.3. The highest BCUT2D eigenvalue weighted by molar-refractivity contribution is 6.03. The van der Waals surface area contributed by atoms with Crippen LogP contribution in [0.2, 0.25) is 0 Å². The molecule has 4 rings (SSSR count). The Bertz CT molecular complexity index is 1170. The first kappa shape index (κ1) is 23.5. The molecular weight excluding hydrogens is 430 g/mol. The van der Waals surface area contributed by atoms with Gasteiger partial charge < -0.3 is 14.8 Å². The lowest BCUT2D eigenvalue weighted by molar-refractivity contribution is -0.123. The minimum atomic E-state index is -0.726. The van der Waals surface area contributed by atoms with Crippen molar-refractivity contribution in [3.8, 4) is 5.75 Å². The Balaban J connectivity index is 1.70. The van der Waals surface area contributed by atoms with Crippen LogP contribution in [0.25, 0.3) is 10.9 Å². The number of likely N-dealkylation sites (tertiary alicyclic amines) is 1. The van der Waals surface area contributed by atoms with Crippen molar-refractivity contribution in [1.29, 1.82) is 0 Å². The summed E-state index contributed by atoms with van der Waals surface area (Å²) < 4.78 is 11.0. The van der Waals surface area contributed by atoms with E-state index in [0.717, 1.165) is 29.5 Å². The molecule has 2 heterocycles. The number of methoxy groups -OCH3 is 1. The van der Waals surface area contributed by atoms with E-state index >= 15 is 0 Å². The van der Waals surface area contributed by atoms with E-state index in [2.05, 4.69) is 10.3 Å². The summed E-state index contributed by atoms with van der Waals surface area (Å²) in [4.78, 5) is 33.0. The molecular formula is C27H31N3O4. The van der Waals surface area contributed by atoms with Gasteiger partial charge in [-0.05, 0) is 63.4 Å². The molecule has 0 radical (unpaired) electrons. The summed E-state index contributed by atoms with van der Waals surface area (Å²) in [5, 5.41) is 3.98. The number of nitrogens with one attached hydrogen (secondary N) is 1. The third-order valence-electron chi connectivity index (χ3n) is 5.96. The number of piperidine rings is 1. The van der Waals surface area contributed by atoms with Crippen LogP contribution in [0.3, 0.4) is 0 Å². The van der Waals surface area contributed by atoms with Crippen LogP contribution >= 0.6 is 0 Å². The largest absolute Gasteiger partial charge is 0.497 e. The highest BCUT2D eigenvalue weighted by Gasteiger charge is 2.42. The standard InChI is InChI=1S/C27H31N3O4/c1-27(2,3)34-26(32)30-17-7-10-21(18-12-14-20(33-4)15-13-18)24(30)25(31)29-22-11-5-8-19-9-6-16-28-23(19)22/h5-6,8-9,11-16,21,24H,7,10,17H2,1-4H3,(H,29,31)/t21-,24-/m0/s1. The smallest absolute Gasteiger partial charge is 0.410 e. The third kappa shape index (κ3) is 5.14. The summed E-state index contributed by atoms with van der Waals surface area (Å²) in [6.07, 6.45) is 2.76. The van der Waals surface area contributed by atoms with Crippen molar-refractivity contribution in [2.45, 2.75) is 51.2 Å². The number of amides is 2. The second kappa shape index (κ2) is 9.71. The Kier molecular flexibility index (Phi) is 6.72. The lowest BCUT2D eigenvalue weighted by atomic mass is 9.83. The number of hydrogen-bond acceptors (Lipinski definition) is 5. The van der Waals surface area contributed by atoms with Gasteiger partial charge in [-0.25, -0.2) is 4.79 Å². The van der Waals surface area contributed by atoms with Crippen LogP contribution in [0, 0.1) is 0 Å². The van der Waals surface area contributed by atoms with Crippen molar-refractivity contribution >= 4 is 28.6 Å². The van der Waals surface area contributed by atoms with E-state index in [9.17, 15) is 9.59 Å². The molecule has 0 aliphatic carbocycles. The topological polar surface area (TPSA) is 80.8 Å². The Hall–Kier alpha value is -3.61. The van der Waals surface area contributed by atoms with Crippen molar-refractivity contribution in [3.05, 3.63) is 66.4 Å². The van der Waals surface area contributed by atoms with E-state index in [-0.39, 0.29) is 11.8 Å². The zero-order chi connectivity index (χ0) is 24.3. The lowest BCUT2D eigenvalue weighted by Gasteiger charge is -2.41. The van der Waals surface area contributed by atoms with E-state index < -0.39 is 17.7 Å². The van der Waals surface area contributed by atoms with E-state index in [1.165, 1.54) is 0 Å². The minimum absolute atomic E-state index is 0.185. The number of hydrogen-bond donors (Lipinski definition) is 1. The molecule has 0 unspecified atom stereocenters. The van der Waals surface area contributed by atoms with Gasteiger partial charge in [0.15, 0.2) is 0 Å². The van der Waals surface area contributed by atoms with E-state index in [1.807, 2.05) is 75.4 Å². The first-order valence-corrected chi connectivity index (χ1v) is 11.5. The van der Waals surface area contributed by atoms with Crippen LogP contribution in [0.4, 0.5) is 10.5 Å². The summed E-state index contributed by atoms with van der Waals surface area (Å²) in [5.41, 5.74) is 1.64. The Labute approximate surface area is 200 Å². The molecule has 3 aromatic rings. The monoisotopic (exact) mass is 461 g/mol. The number of carbonyl (C=O) groups excluding carboxylic acids is 2. The summed E-state index contributed by atoms with van der Waals surface area (Å²) in [6, 6.07) is 16.4. The van der Waals surface area contributed by atoms with Crippen molar-refractivity contribution in [3.63, 3.8) is 0 Å². The number of pyridine rings is 1. The lowest BCUT2D eigenvalue weighted by Crippen LogP contribution is -2.54. The third-order valence-corrected chi connectivity index (χ3v) is 5.96. The maximum Gasteiger partial charge on any atom is 0.410 e. The Morgan fingerprint density at radius 3 is 2.50 bits per heavy atom. The molecule has 0 spiro atoms. The Morgan fingerprint density at radius 1 is 1.06 bits per heavy atom. The zero-order valence-corrected chi connectivity index (χ0v) is 20.1. The van der Waals surface area contributed by atoms with Gasteiger partial charge >= 0.3 is 6.09 Å². The van der Waals surface area contributed by atoms with Crippen molar-refractivity contribution in [2.24, 2.45) is 0 Å². The number of aromatic nitrogens is 1. The fourth-order valence-corrected chi connectivity index (χ4v) is 4.46. The zero-order valence-electron chi connectivity index (χ0n) is 20.1. The number of rotatable bonds is 4. The van der Waals surface area contributed by atoms with Crippen LogP contribution in [-0.4, -0.2) is 47.2 Å². The van der Waals surface area contributed by atoms with Gasteiger partial charge in [0, 0.05) is 24.0 Å². The van der Waals surface area contributed by atoms with E-state index in [4.69, 9.17) is 9.47 Å². The van der Waals surface area contributed by atoms with Gasteiger partial charge in [0.05, 0.1) is 18.3 Å². The van der Waals surface area contributed by atoms with Gasteiger partial charge in [-0.1, -0.05) is 30.3 Å².